The molecule has 5 aromatic carbocycles. The van der Waals surface area contributed by atoms with Crippen LogP contribution in [-0.2, 0) is 10.8 Å². The lowest BCUT2D eigenvalue weighted by Crippen LogP contribution is -2.57. The van der Waals surface area contributed by atoms with Gasteiger partial charge in [-0.05, 0) is 88.8 Å². The van der Waals surface area contributed by atoms with Gasteiger partial charge in [-0.2, -0.15) is 0 Å². The van der Waals surface area contributed by atoms with Crippen LogP contribution in [0.3, 0.4) is 0 Å². The maximum Gasteiger partial charge on any atom is 0.339 e. The molecule has 0 saturated carbocycles. The quantitative estimate of drug-likeness (QED) is 0.176. The van der Waals surface area contributed by atoms with Crippen LogP contribution in [0.4, 0.5) is 28.4 Å². The molecule has 3 heterocycles. The molecule has 0 atom stereocenters. The van der Waals surface area contributed by atoms with E-state index in [0.717, 1.165) is 79.0 Å². The van der Waals surface area contributed by atoms with E-state index in [2.05, 4.69) is 187 Å². The van der Waals surface area contributed by atoms with Gasteiger partial charge in [-0.1, -0.05) is 133 Å². The van der Waals surface area contributed by atoms with Gasteiger partial charge >= 0.3 is 6.71 Å². The first-order valence-corrected chi connectivity index (χ1v) is 18.6. The van der Waals surface area contributed by atoms with E-state index in [-0.39, 0.29) is 17.5 Å². The molecule has 7 aromatic rings. The summed E-state index contributed by atoms with van der Waals surface area (Å²) in [5.41, 5.74) is 15.1. The van der Waals surface area contributed by atoms with Gasteiger partial charge in [-0.3, -0.25) is 0 Å². The van der Waals surface area contributed by atoms with E-state index in [9.17, 15) is 0 Å². The Hall–Kier alpha value is -5.68. The van der Waals surface area contributed by atoms with E-state index in [0.29, 0.717) is 0 Å². The van der Waals surface area contributed by atoms with E-state index in [1.807, 2.05) is 12.1 Å². The first-order valence-electron chi connectivity index (χ1n) is 18.6. The van der Waals surface area contributed by atoms with Crippen molar-refractivity contribution in [3.8, 4) is 22.6 Å². The second kappa shape index (κ2) is 13.1. The second-order valence-corrected chi connectivity index (χ2v) is 16.4. The highest BCUT2D eigenvalue weighted by Gasteiger charge is 2.44. The first kappa shape index (κ1) is 34.4. The zero-order valence-corrected chi connectivity index (χ0v) is 32.0. The van der Waals surface area contributed by atoms with Gasteiger partial charge < -0.3 is 19.1 Å². The lowest BCUT2D eigenvalue weighted by Gasteiger charge is -2.35. The average Bonchev–Trinajstić information content (AvgIpc) is 3.72. The maximum absolute atomic E-state index is 7.08. The zero-order chi connectivity index (χ0) is 37.1. The predicted molar refractivity (Wildman–Crippen MR) is 224 cm³/mol. The van der Waals surface area contributed by atoms with E-state index >= 15 is 0 Å². The van der Waals surface area contributed by atoms with Gasteiger partial charge in [0.15, 0.2) is 0 Å². The molecule has 264 valence electrons. The van der Waals surface area contributed by atoms with Crippen molar-refractivity contribution in [1.29, 1.82) is 0 Å². The summed E-state index contributed by atoms with van der Waals surface area (Å²) < 4.78 is 14.1. The van der Waals surface area contributed by atoms with Crippen molar-refractivity contribution in [3.05, 3.63) is 156 Å². The smallest absolute Gasteiger partial charge is 0.339 e. The summed E-state index contributed by atoms with van der Waals surface area (Å²) in [5.74, 6) is 1.71. The Morgan fingerprint density at radius 3 is 1.74 bits per heavy atom. The molecule has 1 N–H and O–H groups in total. The number of fused-ring (bicyclic) bond motifs is 2. The number of nitrogens with zero attached hydrogens (tertiary/aromatic N) is 1. The van der Waals surface area contributed by atoms with Crippen molar-refractivity contribution in [2.45, 2.75) is 66.2 Å². The third kappa shape index (κ3) is 6.29. The van der Waals surface area contributed by atoms with Crippen LogP contribution in [0, 0.1) is 13.8 Å². The normalized spacial score (nSPS) is 12.8. The molecule has 0 bridgehead atoms. The van der Waals surface area contributed by atoms with Gasteiger partial charge in [-0.25, -0.2) is 0 Å². The van der Waals surface area contributed by atoms with Crippen LogP contribution in [0.1, 0.15) is 63.8 Å². The lowest BCUT2D eigenvalue weighted by molar-refractivity contribution is 0.590. The highest BCUT2D eigenvalue weighted by atomic mass is 16.4. The van der Waals surface area contributed by atoms with Gasteiger partial charge in [0.1, 0.15) is 17.2 Å². The van der Waals surface area contributed by atoms with E-state index in [4.69, 9.17) is 8.83 Å². The SMILES string of the molecule is Cc1c(B2c3oc(-c4ccccc4)cc3N(c3ccc(C(C)(C)C)cc3)c3cccc(Nc4ccc(C(C)(C)C)cc4)c32)oc(-c2ccccc2)c1C. The molecule has 0 amide bonds. The summed E-state index contributed by atoms with van der Waals surface area (Å²) in [5, 5.41) is 3.84. The Morgan fingerprint density at radius 2 is 1.13 bits per heavy atom. The molecule has 8 rings (SSSR count). The van der Waals surface area contributed by atoms with E-state index < -0.39 is 0 Å². The highest BCUT2D eigenvalue weighted by Crippen LogP contribution is 2.42. The molecule has 5 heteroatoms. The Labute approximate surface area is 314 Å². The van der Waals surface area contributed by atoms with Crippen molar-refractivity contribution in [2.24, 2.45) is 0 Å². The Bertz CT molecular complexity index is 2390. The maximum atomic E-state index is 7.08. The molecule has 1 aliphatic heterocycles. The molecule has 1 aliphatic rings. The molecule has 0 unspecified atom stereocenters. The minimum absolute atomic E-state index is 0.0372. The number of furan rings is 2. The van der Waals surface area contributed by atoms with Gasteiger partial charge in [0.25, 0.3) is 0 Å². The largest absolute Gasteiger partial charge is 0.470 e. The van der Waals surface area contributed by atoms with Crippen molar-refractivity contribution in [2.75, 3.05) is 10.2 Å². The fourth-order valence-electron chi connectivity index (χ4n) is 7.55. The number of nitrogens with one attached hydrogen (secondary N) is 1. The van der Waals surface area contributed by atoms with Crippen LogP contribution in [0.5, 0.6) is 0 Å². The predicted octanol–water partition coefficient (Wildman–Crippen LogP) is 11.5. The van der Waals surface area contributed by atoms with Crippen molar-refractivity contribution in [1.82, 2.24) is 0 Å². The van der Waals surface area contributed by atoms with E-state index in [1.165, 1.54) is 11.1 Å². The number of anilines is 5. The Balaban J connectivity index is 1.38. The monoisotopic (exact) mass is 694 g/mol. The zero-order valence-electron chi connectivity index (χ0n) is 32.0. The average molecular weight is 695 g/mol. The van der Waals surface area contributed by atoms with Crippen molar-refractivity contribution < 1.29 is 8.83 Å². The fraction of sp³-hybridized carbons (Fsp3) is 0.208. The summed E-state index contributed by atoms with van der Waals surface area (Å²) in [6.07, 6.45) is 0. The summed E-state index contributed by atoms with van der Waals surface area (Å²) in [6.45, 7) is 17.5. The van der Waals surface area contributed by atoms with Crippen LogP contribution in [0.25, 0.3) is 22.6 Å². The van der Waals surface area contributed by atoms with Crippen molar-refractivity contribution in [3.63, 3.8) is 0 Å². The third-order valence-electron chi connectivity index (χ3n) is 10.7. The number of rotatable bonds is 6. The molecule has 0 aliphatic carbocycles. The van der Waals surface area contributed by atoms with Gasteiger partial charge in [0, 0.05) is 39.9 Å². The summed E-state index contributed by atoms with van der Waals surface area (Å²) in [6, 6.07) is 47.4. The van der Waals surface area contributed by atoms with Gasteiger partial charge in [-0.15, -0.1) is 0 Å². The standard InChI is InChI=1S/C48H47BN2O2/c1-31-32(2)45(53-44(31)34-18-13-10-14-19-34)49-43-39(50-37-26-22-35(23-27-37)47(3,4)5)20-15-21-40(43)51(38-28-24-36(25-29-38)48(6,7)8)41-30-42(52-46(41)49)33-16-11-9-12-17-33/h9-30,50H,1-8H3. The van der Waals surface area contributed by atoms with Crippen LogP contribution in [0.2, 0.25) is 0 Å². The van der Waals surface area contributed by atoms with Crippen molar-refractivity contribution >= 4 is 51.9 Å². The summed E-state index contributed by atoms with van der Waals surface area (Å²) in [7, 11) is 0. The van der Waals surface area contributed by atoms with Crippen LogP contribution in [0.15, 0.2) is 142 Å². The summed E-state index contributed by atoms with van der Waals surface area (Å²) in [4.78, 5) is 2.36. The minimum Gasteiger partial charge on any atom is -0.470 e. The number of hydrogen-bond donors (Lipinski definition) is 1. The molecule has 0 spiro atoms. The van der Waals surface area contributed by atoms with Crippen LogP contribution >= 0.6 is 0 Å². The van der Waals surface area contributed by atoms with Gasteiger partial charge in [0.2, 0.25) is 0 Å². The molecule has 2 aromatic heterocycles. The van der Waals surface area contributed by atoms with Gasteiger partial charge in [0.05, 0.1) is 11.3 Å². The molecule has 4 nitrogen and oxygen atoms in total. The molecule has 53 heavy (non-hydrogen) atoms. The molecule has 0 fully saturated rings. The Morgan fingerprint density at radius 1 is 0.547 bits per heavy atom. The molecule has 0 saturated heterocycles. The molecular weight excluding hydrogens is 647 g/mol. The highest BCUT2D eigenvalue weighted by molar-refractivity contribution is 6.97. The Kier molecular flexibility index (Phi) is 8.49. The van der Waals surface area contributed by atoms with E-state index in [1.54, 1.807) is 0 Å². The second-order valence-electron chi connectivity index (χ2n) is 16.4. The van der Waals surface area contributed by atoms with Crippen LogP contribution in [-0.4, -0.2) is 6.71 Å². The number of benzene rings is 5. The third-order valence-corrected chi connectivity index (χ3v) is 10.7. The molecular formula is C48H47BN2O2. The van der Waals surface area contributed by atoms with Crippen LogP contribution < -0.4 is 27.0 Å². The first-order chi connectivity index (χ1) is 25.4. The molecule has 0 radical (unpaired) electrons. The summed E-state index contributed by atoms with van der Waals surface area (Å²) >= 11 is 0. The number of hydrogen-bond acceptors (Lipinski definition) is 4. The minimum atomic E-state index is -0.323. The fourth-order valence-corrected chi connectivity index (χ4v) is 7.55. The lowest BCUT2D eigenvalue weighted by atomic mass is 9.38. The topological polar surface area (TPSA) is 41.6 Å².